The topological polar surface area (TPSA) is 41.1 Å². The van der Waals surface area contributed by atoms with Crippen LogP contribution in [0.25, 0.3) is 0 Å². The van der Waals surface area contributed by atoms with Gasteiger partial charge in [0.1, 0.15) is 0 Å². The third-order valence-corrected chi connectivity index (χ3v) is 3.98. The molecular weight excluding hydrogens is 396 g/mol. The molecule has 0 bridgehead atoms. The predicted octanol–water partition coefficient (Wildman–Crippen LogP) is 4.82. The van der Waals surface area contributed by atoms with Crippen LogP contribution >= 0.6 is 31.9 Å². The highest BCUT2D eigenvalue weighted by molar-refractivity contribution is 9.10. The van der Waals surface area contributed by atoms with Gasteiger partial charge < -0.3 is 10.6 Å². The number of carbonyl (C=O) groups excluding carboxylic acids is 1. The number of rotatable bonds is 5. The second kappa shape index (κ2) is 7.61. The third-order valence-electron chi connectivity index (χ3n) is 3.00. The van der Waals surface area contributed by atoms with E-state index in [4.69, 9.17) is 0 Å². The normalized spacial score (nSPS) is 10.2. The van der Waals surface area contributed by atoms with Gasteiger partial charge in [0, 0.05) is 20.3 Å². The second-order valence-corrected chi connectivity index (χ2v) is 6.40. The number of hydrogen-bond acceptors (Lipinski definition) is 2. The molecule has 0 aliphatic carbocycles. The van der Waals surface area contributed by atoms with E-state index in [1.807, 2.05) is 36.4 Å². The summed E-state index contributed by atoms with van der Waals surface area (Å²) >= 11 is 6.84. The molecule has 0 atom stereocenters. The molecule has 2 aromatic carbocycles. The first-order chi connectivity index (χ1) is 10.1. The number of anilines is 2. The summed E-state index contributed by atoms with van der Waals surface area (Å²) in [6.07, 6.45) is 0.912. The van der Waals surface area contributed by atoms with Gasteiger partial charge in [-0.2, -0.15) is 0 Å². The Hall–Kier alpha value is -1.33. The van der Waals surface area contributed by atoms with Gasteiger partial charge in [-0.25, -0.2) is 0 Å². The number of carbonyl (C=O) groups is 1. The van der Waals surface area contributed by atoms with Gasteiger partial charge in [-0.05, 0) is 48.4 Å². The lowest BCUT2D eigenvalue weighted by atomic mass is 10.1. The minimum Gasteiger partial charge on any atom is -0.376 e. The Balaban J connectivity index is 1.95. The van der Waals surface area contributed by atoms with E-state index in [1.54, 1.807) is 0 Å². The molecule has 3 nitrogen and oxygen atoms in total. The first-order valence-corrected chi connectivity index (χ1v) is 8.25. The molecule has 0 aromatic heterocycles. The molecule has 0 aliphatic heterocycles. The van der Waals surface area contributed by atoms with Gasteiger partial charge in [-0.3, -0.25) is 4.79 Å². The summed E-state index contributed by atoms with van der Waals surface area (Å²) in [6.45, 7) is 2.33. The molecule has 110 valence electrons. The van der Waals surface area contributed by atoms with Crippen molar-refractivity contribution in [2.24, 2.45) is 0 Å². The number of hydrogen-bond donors (Lipinski definition) is 2. The van der Waals surface area contributed by atoms with E-state index in [-0.39, 0.29) is 12.5 Å². The van der Waals surface area contributed by atoms with Crippen LogP contribution in [-0.2, 0) is 11.2 Å². The summed E-state index contributed by atoms with van der Waals surface area (Å²) in [4.78, 5) is 12.0. The lowest BCUT2D eigenvalue weighted by molar-refractivity contribution is -0.114. The van der Waals surface area contributed by atoms with Crippen molar-refractivity contribution in [1.82, 2.24) is 0 Å². The molecule has 0 heterocycles. The third kappa shape index (κ3) is 4.86. The van der Waals surface area contributed by atoms with Gasteiger partial charge in [-0.1, -0.05) is 44.8 Å². The molecule has 21 heavy (non-hydrogen) atoms. The van der Waals surface area contributed by atoms with Crippen LogP contribution in [0.4, 0.5) is 11.4 Å². The average Bonchev–Trinajstić information content (AvgIpc) is 2.45. The van der Waals surface area contributed by atoms with Crippen LogP contribution in [0.15, 0.2) is 51.4 Å². The molecule has 2 rings (SSSR count). The summed E-state index contributed by atoms with van der Waals surface area (Å²) in [5.74, 6) is -0.0712. The molecule has 5 heteroatoms. The van der Waals surface area contributed by atoms with Crippen LogP contribution in [0, 0.1) is 0 Å². The van der Waals surface area contributed by atoms with Crippen LogP contribution in [-0.4, -0.2) is 12.5 Å². The number of benzene rings is 2. The maximum absolute atomic E-state index is 12.0. The Kier molecular flexibility index (Phi) is 5.82. The molecule has 0 aliphatic rings. The maximum atomic E-state index is 12.0. The van der Waals surface area contributed by atoms with Crippen LogP contribution in [0.1, 0.15) is 12.5 Å². The Bertz CT molecular complexity index is 644. The molecule has 0 fully saturated rings. The lowest BCUT2D eigenvalue weighted by Gasteiger charge is -2.12. The van der Waals surface area contributed by atoms with Gasteiger partial charge >= 0.3 is 0 Å². The predicted molar refractivity (Wildman–Crippen MR) is 94.8 cm³/mol. The summed E-state index contributed by atoms with van der Waals surface area (Å²) in [5, 5.41) is 6.04. The van der Waals surface area contributed by atoms with Crippen molar-refractivity contribution in [3.8, 4) is 0 Å². The fraction of sp³-hybridized carbons (Fsp3) is 0.188. The highest BCUT2D eigenvalue weighted by Gasteiger charge is 2.05. The van der Waals surface area contributed by atoms with Crippen molar-refractivity contribution in [1.29, 1.82) is 0 Å². The highest BCUT2D eigenvalue weighted by atomic mass is 79.9. The van der Waals surface area contributed by atoms with Crippen molar-refractivity contribution in [3.05, 3.63) is 57.0 Å². The maximum Gasteiger partial charge on any atom is 0.243 e. The molecule has 2 N–H and O–H groups in total. The van der Waals surface area contributed by atoms with E-state index in [0.717, 1.165) is 26.7 Å². The summed E-state index contributed by atoms with van der Waals surface area (Å²) in [6, 6.07) is 13.5. The minimum atomic E-state index is -0.0712. The molecule has 0 saturated carbocycles. The molecule has 0 saturated heterocycles. The van der Waals surface area contributed by atoms with E-state index in [9.17, 15) is 4.79 Å². The largest absolute Gasteiger partial charge is 0.376 e. The van der Waals surface area contributed by atoms with Crippen molar-refractivity contribution in [2.75, 3.05) is 17.2 Å². The fourth-order valence-electron chi connectivity index (χ4n) is 1.97. The van der Waals surface area contributed by atoms with E-state index in [2.05, 4.69) is 55.5 Å². The Morgan fingerprint density at radius 2 is 1.86 bits per heavy atom. The van der Waals surface area contributed by atoms with E-state index < -0.39 is 0 Å². The standard InChI is InChI=1S/C16H16Br2N2O/c1-2-11-8-13(18)6-7-15(11)19-10-16(21)20-14-5-3-4-12(17)9-14/h3-9,19H,2,10H2,1H3,(H,20,21). The van der Waals surface area contributed by atoms with Gasteiger partial charge in [0.05, 0.1) is 6.54 Å². The molecular formula is C16H16Br2N2O. The quantitative estimate of drug-likeness (QED) is 0.740. The average molecular weight is 412 g/mol. The van der Waals surface area contributed by atoms with Gasteiger partial charge in [0.25, 0.3) is 0 Å². The molecule has 0 radical (unpaired) electrons. The van der Waals surface area contributed by atoms with Crippen LogP contribution in [0.2, 0.25) is 0 Å². The fourth-order valence-corrected chi connectivity index (χ4v) is 2.78. The first-order valence-electron chi connectivity index (χ1n) is 6.66. The second-order valence-electron chi connectivity index (χ2n) is 4.57. The SMILES string of the molecule is CCc1cc(Br)ccc1NCC(=O)Nc1cccc(Br)c1. The molecule has 0 unspecified atom stereocenters. The number of aryl methyl sites for hydroxylation is 1. The zero-order chi connectivity index (χ0) is 15.2. The van der Waals surface area contributed by atoms with Gasteiger partial charge in [-0.15, -0.1) is 0 Å². The molecule has 1 amide bonds. The zero-order valence-corrected chi connectivity index (χ0v) is 14.8. The highest BCUT2D eigenvalue weighted by Crippen LogP contribution is 2.21. The Morgan fingerprint density at radius 3 is 2.57 bits per heavy atom. The molecule has 2 aromatic rings. The summed E-state index contributed by atoms with van der Waals surface area (Å²) < 4.78 is 1.98. The van der Waals surface area contributed by atoms with E-state index in [1.165, 1.54) is 5.56 Å². The van der Waals surface area contributed by atoms with Gasteiger partial charge in [0.2, 0.25) is 5.91 Å². The number of amides is 1. The molecule has 0 spiro atoms. The number of halogens is 2. The van der Waals surface area contributed by atoms with Crippen molar-refractivity contribution in [2.45, 2.75) is 13.3 Å². The lowest BCUT2D eigenvalue weighted by Crippen LogP contribution is -2.22. The van der Waals surface area contributed by atoms with Crippen LogP contribution in [0.5, 0.6) is 0 Å². The van der Waals surface area contributed by atoms with E-state index >= 15 is 0 Å². The Labute approximate surface area is 141 Å². The first kappa shape index (κ1) is 16.0. The summed E-state index contributed by atoms with van der Waals surface area (Å²) in [5.41, 5.74) is 2.95. The summed E-state index contributed by atoms with van der Waals surface area (Å²) in [7, 11) is 0. The minimum absolute atomic E-state index is 0.0712. The van der Waals surface area contributed by atoms with Crippen LogP contribution in [0.3, 0.4) is 0 Å². The monoisotopic (exact) mass is 410 g/mol. The Morgan fingerprint density at radius 1 is 1.10 bits per heavy atom. The van der Waals surface area contributed by atoms with Gasteiger partial charge in [0.15, 0.2) is 0 Å². The zero-order valence-electron chi connectivity index (χ0n) is 11.6. The van der Waals surface area contributed by atoms with Crippen molar-refractivity contribution >= 4 is 49.1 Å². The smallest absolute Gasteiger partial charge is 0.243 e. The van der Waals surface area contributed by atoms with Crippen LogP contribution < -0.4 is 10.6 Å². The van der Waals surface area contributed by atoms with Crippen molar-refractivity contribution < 1.29 is 4.79 Å². The number of nitrogens with one attached hydrogen (secondary N) is 2. The van der Waals surface area contributed by atoms with E-state index in [0.29, 0.717) is 0 Å². The van der Waals surface area contributed by atoms with Crippen molar-refractivity contribution in [3.63, 3.8) is 0 Å².